The van der Waals surface area contributed by atoms with Crippen molar-refractivity contribution in [3.05, 3.63) is 52.0 Å². The van der Waals surface area contributed by atoms with E-state index in [2.05, 4.69) is 19.2 Å². The normalized spacial score (nSPS) is 10.4. The molecular formula is C19H22ClNO3. The molecule has 2 aromatic rings. The van der Waals surface area contributed by atoms with E-state index < -0.39 is 0 Å². The summed E-state index contributed by atoms with van der Waals surface area (Å²) in [5, 5.41) is 3.35. The van der Waals surface area contributed by atoms with Gasteiger partial charge in [-0.05, 0) is 36.1 Å². The van der Waals surface area contributed by atoms with Crippen LogP contribution < -0.4 is 14.8 Å². The highest BCUT2D eigenvalue weighted by Gasteiger charge is 2.17. The van der Waals surface area contributed by atoms with Crippen molar-refractivity contribution in [2.45, 2.75) is 26.7 Å². The molecule has 4 nitrogen and oxygen atoms in total. The second-order valence-electron chi connectivity index (χ2n) is 5.31. The average molecular weight is 348 g/mol. The third-order valence-corrected chi connectivity index (χ3v) is 4.21. The summed E-state index contributed by atoms with van der Waals surface area (Å²) in [6.45, 7) is 4.13. The quantitative estimate of drug-likeness (QED) is 0.821. The Labute approximate surface area is 147 Å². The maximum Gasteiger partial charge on any atom is 0.255 e. The molecule has 0 heterocycles. The fourth-order valence-electron chi connectivity index (χ4n) is 2.64. The molecule has 0 unspecified atom stereocenters. The van der Waals surface area contributed by atoms with Crippen molar-refractivity contribution in [3.63, 3.8) is 0 Å². The highest BCUT2D eigenvalue weighted by molar-refractivity contribution is 6.32. The van der Waals surface area contributed by atoms with Gasteiger partial charge in [0, 0.05) is 11.3 Å². The average Bonchev–Trinajstić information content (AvgIpc) is 2.60. The lowest BCUT2D eigenvalue weighted by Crippen LogP contribution is -2.15. The van der Waals surface area contributed by atoms with Crippen LogP contribution in [0.1, 0.15) is 35.3 Å². The Morgan fingerprint density at radius 1 is 1.08 bits per heavy atom. The minimum Gasteiger partial charge on any atom is -0.493 e. The van der Waals surface area contributed by atoms with Crippen LogP contribution in [0.4, 0.5) is 5.69 Å². The molecule has 0 fully saturated rings. The van der Waals surface area contributed by atoms with Gasteiger partial charge in [-0.1, -0.05) is 43.6 Å². The van der Waals surface area contributed by atoms with Gasteiger partial charge in [0.2, 0.25) is 0 Å². The van der Waals surface area contributed by atoms with E-state index in [1.54, 1.807) is 12.1 Å². The number of benzene rings is 2. The van der Waals surface area contributed by atoms with Gasteiger partial charge in [0.25, 0.3) is 5.91 Å². The van der Waals surface area contributed by atoms with Gasteiger partial charge in [0.05, 0.1) is 19.2 Å². The van der Waals surface area contributed by atoms with E-state index in [9.17, 15) is 4.79 Å². The molecule has 0 aliphatic rings. The summed E-state index contributed by atoms with van der Waals surface area (Å²) in [7, 11) is 3.02. The number of hydrogen-bond donors (Lipinski definition) is 1. The summed E-state index contributed by atoms with van der Waals surface area (Å²) < 4.78 is 10.5. The van der Waals surface area contributed by atoms with Gasteiger partial charge < -0.3 is 14.8 Å². The second-order valence-corrected chi connectivity index (χ2v) is 5.71. The Bertz CT molecular complexity index is 721. The van der Waals surface area contributed by atoms with Gasteiger partial charge in [-0.15, -0.1) is 0 Å². The van der Waals surface area contributed by atoms with Crippen LogP contribution in [-0.2, 0) is 12.8 Å². The van der Waals surface area contributed by atoms with Crippen molar-refractivity contribution in [2.24, 2.45) is 0 Å². The highest BCUT2D eigenvalue weighted by Crippen LogP contribution is 2.36. The summed E-state index contributed by atoms with van der Waals surface area (Å²) >= 11 is 6.19. The molecule has 24 heavy (non-hydrogen) atoms. The van der Waals surface area contributed by atoms with E-state index >= 15 is 0 Å². The van der Waals surface area contributed by atoms with Crippen molar-refractivity contribution in [1.29, 1.82) is 0 Å². The Kier molecular flexibility index (Phi) is 6.10. The number of aryl methyl sites for hydroxylation is 2. The minimum absolute atomic E-state index is 0.228. The van der Waals surface area contributed by atoms with Crippen molar-refractivity contribution in [1.82, 2.24) is 0 Å². The first-order valence-electron chi connectivity index (χ1n) is 7.89. The molecule has 5 heteroatoms. The van der Waals surface area contributed by atoms with Crippen LogP contribution in [0.2, 0.25) is 5.02 Å². The van der Waals surface area contributed by atoms with Gasteiger partial charge >= 0.3 is 0 Å². The maximum absolute atomic E-state index is 12.7. The molecule has 2 rings (SSSR count). The number of nitrogens with one attached hydrogen (secondary N) is 1. The van der Waals surface area contributed by atoms with Crippen LogP contribution in [0.25, 0.3) is 0 Å². The van der Waals surface area contributed by atoms with Gasteiger partial charge in [0.15, 0.2) is 11.5 Å². The number of carbonyl (C=O) groups is 1. The second kappa shape index (κ2) is 8.06. The first-order chi connectivity index (χ1) is 11.5. The van der Waals surface area contributed by atoms with E-state index in [4.69, 9.17) is 21.1 Å². The number of amides is 1. The molecule has 0 saturated heterocycles. The van der Waals surface area contributed by atoms with Crippen molar-refractivity contribution in [3.8, 4) is 11.5 Å². The van der Waals surface area contributed by atoms with Gasteiger partial charge in [-0.2, -0.15) is 0 Å². The number of halogens is 1. The molecule has 0 saturated carbocycles. The molecule has 0 aliphatic heterocycles. The maximum atomic E-state index is 12.7. The summed E-state index contributed by atoms with van der Waals surface area (Å²) in [6.07, 6.45) is 1.69. The van der Waals surface area contributed by atoms with Gasteiger partial charge in [-0.25, -0.2) is 0 Å². The summed E-state index contributed by atoms with van der Waals surface area (Å²) in [5.41, 5.74) is 3.51. The van der Waals surface area contributed by atoms with Crippen LogP contribution in [0.5, 0.6) is 11.5 Å². The Morgan fingerprint density at radius 2 is 1.71 bits per heavy atom. The molecule has 128 valence electrons. The third-order valence-electron chi connectivity index (χ3n) is 3.93. The Balaban J connectivity index is 2.39. The van der Waals surface area contributed by atoms with E-state index in [0.29, 0.717) is 22.1 Å². The van der Waals surface area contributed by atoms with E-state index in [0.717, 1.165) is 29.7 Å². The monoisotopic (exact) mass is 347 g/mol. The van der Waals surface area contributed by atoms with Gasteiger partial charge in [0.1, 0.15) is 0 Å². The molecule has 0 bridgehead atoms. The molecule has 0 atom stereocenters. The number of hydrogen-bond acceptors (Lipinski definition) is 3. The van der Waals surface area contributed by atoms with E-state index in [-0.39, 0.29) is 5.91 Å². The smallest absolute Gasteiger partial charge is 0.255 e. The van der Waals surface area contributed by atoms with Crippen molar-refractivity contribution in [2.75, 3.05) is 19.5 Å². The van der Waals surface area contributed by atoms with Gasteiger partial charge in [-0.3, -0.25) is 4.79 Å². The number of methoxy groups -OCH3 is 2. The standard InChI is InChI=1S/C19H22ClNO3/c1-5-12-8-7-9-13(6-2)17(12)21-19(22)14-10-15(20)18(24-4)16(11-14)23-3/h7-11H,5-6H2,1-4H3,(H,21,22). The number of carbonyl (C=O) groups excluding carboxylic acids is 1. The predicted octanol–water partition coefficient (Wildman–Crippen LogP) is 4.73. The lowest BCUT2D eigenvalue weighted by molar-refractivity contribution is 0.102. The SMILES string of the molecule is CCc1cccc(CC)c1NC(=O)c1cc(Cl)c(OC)c(OC)c1. The molecule has 0 aliphatic carbocycles. The molecule has 1 amide bonds. The summed E-state index contributed by atoms with van der Waals surface area (Å²) in [6, 6.07) is 9.27. The van der Waals surface area contributed by atoms with Crippen LogP contribution in [0.3, 0.4) is 0 Å². The zero-order chi connectivity index (χ0) is 17.7. The molecule has 2 aromatic carbocycles. The third kappa shape index (κ3) is 3.65. The fraction of sp³-hybridized carbons (Fsp3) is 0.316. The first kappa shape index (κ1) is 18.1. The first-order valence-corrected chi connectivity index (χ1v) is 8.27. The lowest BCUT2D eigenvalue weighted by atomic mass is 10.0. The number of anilines is 1. The molecular weight excluding hydrogens is 326 g/mol. The Hall–Kier alpha value is -2.20. The Morgan fingerprint density at radius 3 is 2.21 bits per heavy atom. The lowest BCUT2D eigenvalue weighted by Gasteiger charge is -2.16. The fourth-order valence-corrected chi connectivity index (χ4v) is 2.93. The van der Waals surface area contributed by atoms with E-state index in [1.165, 1.54) is 14.2 Å². The van der Waals surface area contributed by atoms with Crippen molar-refractivity contribution < 1.29 is 14.3 Å². The zero-order valence-electron chi connectivity index (χ0n) is 14.4. The number of rotatable bonds is 6. The topological polar surface area (TPSA) is 47.6 Å². The molecule has 0 radical (unpaired) electrons. The molecule has 0 aromatic heterocycles. The molecule has 1 N–H and O–H groups in total. The van der Waals surface area contributed by atoms with Crippen LogP contribution in [0.15, 0.2) is 30.3 Å². The van der Waals surface area contributed by atoms with Crippen molar-refractivity contribution >= 4 is 23.2 Å². The predicted molar refractivity (Wildman–Crippen MR) is 97.7 cm³/mol. The van der Waals surface area contributed by atoms with Crippen LogP contribution in [-0.4, -0.2) is 20.1 Å². The highest BCUT2D eigenvalue weighted by atomic mass is 35.5. The number of ether oxygens (including phenoxy) is 2. The van der Waals surface area contributed by atoms with E-state index in [1.807, 2.05) is 18.2 Å². The minimum atomic E-state index is -0.228. The molecule has 0 spiro atoms. The summed E-state index contributed by atoms with van der Waals surface area (Å²) in [5.74, 6) is 0.613. The summed E-state index contributed by atoms with van der Waals surface area (Å²) in [4.78, 5) is 12.7. The largest absolute Gasteiger partial charge is 0.493 e. The van der Waals surface area contributed by atoms with Crippen LogP contribution >= 0.6 is 11.6 Å². The zero-order valence-corrected chi connectivity index (χ0v) is 15.2. The van der Waals surface area contributed by atoms with Crippen LogP contribution in [0, 0.1) is 0 Å². The number of para-hydroxylation sites is 1.